The quantitative estimate of drug-likeness (QED) is 0.633. The summed E-state index contributed by atoms with van der Waals surface area (Å²) in [5.74, 6) is 0. The van der Waals surface area contributed by atoms with Crippen molar-refractivity contribution in [1.82, 2.24) is 0 Å². The van der Waals surface area contributed by atoms with Crippen LogP contribution in [0.4, 0.5) is 0 Å². The van der Waals surface area contributed by atoms with Crippen LogP contribution in [0.5, 0.6) is 0 Å². The zero-order chi connectivity index (χ0) is 20.0. The Bertz CT molecular complexity index is 826. The van der Waals surface area contributed by atoms with Crippen molar-refractivity contribution in [1.29, 1.82) is 0 Å². The van der Waals surface area contributed by atoms with E-state index in [1.54, 1.807) is 0 Å². The lowest BCUT2D eigenvalue weighted by Crippen LogP contribution is -2.40. The molecule has 1 aliphatic heterocycles. The van der Waals surface area contributed by atoms with Crippen molar-refractivity contribution in [3.8, 4) is 0 Å². The second kappa shape index (κ2) is 9.60. The summed E-state index contributed by atoms with van der Waals surface area (Å²) in [6, 6.07) is 19.0. The van der Waals surface area contributed by atoms with Gasteiger partial charge < -0.3 is 19.3 Å². The first-order valence-corrected chi connectivity index (χ1v) is 10.7. The molecule has 1 heterocycles. The van der Waals surface area contributed by atoms with E-state index in [4.69, 9.17) is 18.4 Å². The average molecular weight is 408 g/mol. The van der Waals surface area contributed by atoms with Crippen molar-refractivity contribution in [2.45, 2.75) is 37.8 Å². The van der Waals surface area contributed by atoms with Gasteiger partial charge in [-0.15, -0.1) is 0 Å². The van der Waals surface area contributed by atoms with Crippen molar-refractivity contribution in [2.75, 3.05) is 12.9 Å². The van der Waals surface area contributed by atoms with Crippen LogP contribution < -0.4 is 0 Å². The molecule has 28 heavy (non-hydrogen) atoms. The standard InChI is InChI=1S/C20H24O7S/c1-28(22,23)27-19-18(25-13-16-10-6-3-7-11-16)17(26-20(19)21)14-24-12-15-8-4-2-5-9-15/h2-11,17-21H,12-14H2,1H3/t17-,18+,19-,20?/m1/s1. The lowest BCUT2D eigenvalue weighted by molar-refractivity contribution is -0.133. The smallest absolute Gasteiger partial charge is 0.264 e. The first-order chi connectivity index (χ1) is 13.4. The van der Waals surface area contributed by atoms with Crippen molar-refractivity contribution in [3.63, 3.8) is 0 Å². The summed E-state index contributed by atoms with van der Waals surface area (Å²) in [5.41, 5.74) is 1.90. The maximum Gasteiger partial charge on any atom is 0.264 e. The van der Waals surface area contributed by atoms with E-state index >= 15 is 0 Å². The molecule has 0 aliphatic carbocycles. The number of benzene rings is 2. The monoisotopic (exact) mass is 408 g/mol. The highest BCUT2D eigenvalue weighted by Gasteiger charge is 2.47. The molecule has 1 aliphatic rings. The maximum atomic E-state index is 11.6. The van der Waals surface area contributed by atoms with E-state index in [0.717, 1.165) is 17.4 Å². The van der Waals surface area contributed by atoms with E-state index in [0.29, 0.717) is 6.61 Å². The van der Waals surface area contributed by atoms with Gasteiger partial charge in [-0.2, -0.15) is 8.42 Å². The van der Waals surface area contributed by atoms with Crippen LogP contribution in [0.1, 0.15) is 11.1 Å². The predicted octanol–water partition coefficient (Wildman–Crippen LogP) is 1.85. The first-order valence-electron chi connectivity index (χ1n) is 8.91. The molecule has 0 radical (unpaired) electrons. The van der Waals surface area contributed by atoms with Crippen molar-refractivity contribution in [2.24, 2.45) is 0 Å². The third-order valence-corrected chi connectivity index (χ3v) is 4.82. The minimum absolute atomic E-state index is 0.120. The summed E-state index contributed by atoms with van der Waals surface area (Å²) in [5, 5.41) is 10.2. The molecule has 8 heteroatoms. The van der Waals surface area contributed by atoms with Gasteiger partial charge in [-0.1, -0.05) is 60.7 Å². The molecular weight excluding hydrogens is 384 g/mol. The second-order valence-corrected chi connectivity index (χ2v) is 8.19. The molecule has 2 aromatic carbocycles. The largest absolute Gasteiger partial charge is 0.374 e. The molecule has 0 bridgehead atoms. The Morgan fingerprint density at radius 1 is 0.929 bits per heavy atom. The summed E-state index contributed by atoms with van der Waals surface area (Å²) >= 11 is 0. The Morgan fingerprint density at radius 2 is 1.50 bits per heavy atom. The molecule has 152 valence electrons. The summed E-state index contributed by atoms with van der Waals surface area (Å²) < 4.78 is 45.2. The number of aliphatic hydroxyl groups is 1. The molecule has 1 fully saturated rings. The molecule has 2 aromatic rings. The Balaban J connectivity index is 1.65. The predicted molar refractivity (Wildman–Crippen MR) is 102 cm³/mol. The lowest BCUT2D eigenvalue weighted by atomic mass is 10.1. The van der Waals surface area contributed by atoms with E-state index in [1.807, 2.05) is 60.7 Å². The molecule has 1 N–H and O–H groups in total. The van der Waals surface area contributed by atoms with Gasteiger partial charge in [0.05, 0.1) is 26.1 Å². The van der Waals surface area contributed by atoms with Gasteiger partial charge in [0.2, 0.25) is 0 Å². The first kappa shape index (κ1) is 20.9. The molecule has 7 nitrogen and oxygen atoms in total. The minimum Gasteiger partial charge on any atom is -0.374 e. The highest BCUT2D eigenvalue weighted by Crippen LogP contribution is 2.28. The maximum absolute atomic E-state index is 11.6. The molecule has 0 spiro atoms. The topological polar surface area (TPSA) is 91.3 Å². The molecule has 0 aromatic heterocycles. The van der Waals surface area contributed by atoms with E-state index < -0.39 is 34.7 Å². The van der Waals surface area contributed by atoms with Gasteiger partial charge in [0.1, 0.15) is 12.2 Å². The Labute approximate surface area is 164 Å². The molecule has 3 rings (SSSR count). The highest BCUT2D eigenvalue weighted by molar-refractivity contribution is 7.86. The number of aliphatic hydroxyl groups excluding tert-OH is 1. The summed E-state index contributed by atoms with van der Waals surface area (Å²) in [7, 11) is -3.80. The SMILES string of the molecule is CS(=O)(=O)O[C@H]1C(O)O[C@H](COCc2ccccc2)[C@@H]1OCc1ccccc1. The van der Waals surface area contributed by atoms with Gasteiger partial charge in [-0.25, -0.2) is 0 Å². The Morgan fingerprint density at radius 3 is 2.07 bits per heavy atom. The third kappa shape index (κ3) is 6.10. The van der Waals surface area contributed by atoms with E-state index in [-0.39, 0.29) is 13.2 Å². The number of hydrogen-bond acceptors (Lipinski definition) is 7. The van der Waals surface area contributed by atoms with Crippen LogP contribution in [0.3, 0.4) is 0 Å². The summed E-state index contributed by atoms with van der Waals surface area (Å²) in [4.78, 5) is 0. The van der Waals surface area contributed by atoms with Gasteiger partial charge in [0, 0.05) is 0 Å². The van der Waals surface area contributed by atoms with Gasteiger partial charge in [-0.3, -0.25) is 4.18 Å². The normalized spacial score (nSPS) is 25.1. The molecule has 1 saturated heterocycles. The molecule has 0 amide bonds. The van der Waals surface area contributed by atoms with Crippen LogP contribution in [0, 0.1) is 0 Å². The van der Waals surface area contributed by atoms with Crippen LogP contribution in [-0.2, 0) is 41.7 Å². The zero-order valence-electron chi connectivity index (χ0n) is 15.5. The van der Waals surface area contributed by atoms with Gasteiger partial charge in [-0.05, 0) is 11.1 Å². The van der Waals surface area contributed by atoms with E-state index in [9.17, 15) is 13.5 Å². The molecular formula is C20H24O7S. The average Bonchev–Trinajstić information content (AvgIpc) is 2.95. The van der Waals surface area contributed by atoms with Crippen molar-refractivity contribution in [3.05, 3.63) is 71.8 Å². The van der Waals surface area contributed by atoms with Gasteiger partial charge in [0.15, 0.2) is 12.4 Å². The Hall–Kier alpha value is -1.81. The fraction of sp³-hybridized carbons (Fsp3) is 0.400. The lowest BCUT2D eigenvalue weighted by Gasteiger charge is -2.23. The Kier molecular flexibility index (Phi) is 7.17. The fourth-order valence-electron chi connectivity index (χ4n) is 2.98. The van der Waals surface area contributed by atoms with Crippen LogP contribution in [-0.4, -0.2) is 51.0 Å². The third-order valence-electron chi connectivity index (χ3n) is 4.25. The van der Waals surface area contributed by atoms with Gasteiger partial charge in [0.25, 0.3) is 10.1 Å². The molecule has 0 saturated carbocycles. The van der Waals surface area contributed by atoms with Crippen LogP contribution in [0.25, 0.3) is 0 Å². The van der Waals surface area contributed by atoms with E-state index in [2.05, 4.69) is 0 Å². The summed E-state index contributed by atoms with van der Waals surface area (Å²) in [6.07, 6.45) is -3.15. The second-order valence-electron chi connectivity index (χ2n) is 6.59. The van der Waals surface area contributed by atoms with Crippen LogP contribution in [0.2, 0.25) is 0 Å². The van der Waals surface area contributed by atoms with Crippen LogP contribution in [0.15, 0.2) is 60.7 Å². The van der Waals surface area contributed by atoms with E-state index in [1.165, 1.54) is 0 Å². The zero-order valence-corrected chi connectivity index (χ0v) is 16.3. The number of rotatable bonds is 9. The summed E-state index contributed by atoms with van der Waals surface area (Å²) in [6.45, 7) is 0.704. The molecule has 4 atom stereocenters. The molecule has 1 unspecified atom stereocenters. The van der Waals surface area contributed by atoms with Crippen molar-refractivity contribution < 1.29 is 31.9 Å². The van der Waals surface area contributed by atoms with Crippen molar-refractivity contribution >= 4 is 10.1 Å². The van der Waals surface area contributed by atoms with Crippen LogP contribution >= 0.6 is 0 Å². The highest BCUT2D eigenvalue weighted by atomic mass is 32.2. The number of hydrogen-bond donors (Lipinski definition) is 1. The fourth-order valence-corrected chi connectivity index (χ4v) is 3.59. The van der Waals surface area contributed by atoms with Gasteiger partial charge >= 0.3 is 0 Å². The minimum atomic E-state index is -3.80. The number of ether oxygens (including phenoxy) is 3.